The molecule has 0 bridgehead atoms. The lowest BCUT2D eigenvalue weighted by atomic mass is 9.96. The number of sulfonamides is 1. The molecule has 1 saturated heterocycles. The molecule has 6 nitrogen and oxygen atoms in total. The fourth-order valence-corrected chi connectivity index (χ4v) is 3.64. The number of furan rings is 1. The molecule has 1 aromatic rings. The third kappa shape index (κ3) is 2.82. The van der Waals surface area contributed by atoms with E-state index in [9.17, 15) is 13.2 Å². The van der Waals surface area contributed by atoms with Gasteiger partial charge in [0.1, 0.15) is 0 Å². The molecule has 0 aromatic carbocycles. The van der Waals surface area contributed by atoms with Crippen LogP contribution in [0, 0.1) is 5.92 Å². The highest BCUT2D eigenvalue weighted by Gasteiger charge is 2.31. The maximum Gasteiger partial charge on any atom is 0.371 e. The molecule has 1 aliphatic rings. The minimum atomic E-state index is -3.70. The lowest BCUT2D eigenvalue weighted by molar-refractivity contribution is 0.0656. The van der Waals surface area contributed by atoms with E-state index in [2.05, 4.69) is 6.92 Å². The number of carboxylic acids is 1. The van der Waals surface area contributed by atoms with E-state index in [0.29, 0.717) is 19.0 Å². The summed E-state index contributed by atoms with van der Waals surface area (Å²) in [6.45, 7) is 3.02. The Kier molecular flexibility index (Phi) is 3.96. The van der Waals surface area contributed by atoms with Crippen LogP contribution in [0.2, 0.25) is 0 Å². The molecule has 2 rings (SSSR count). The topological polar surface area (TPSA) is 87.8 Å². The lowest BCUT2D eigenvalue weighted by Gasteiger charge is -2.29. The highest BCUT2D eigenvalue weighted by Crippen LogP contribution is 2.26. The molecule has 0 saturated carbocycles. The Bertz CT molecular complexity index is 554. The summed E-state index contributed by atoms with van der Waals surface area (Å²) in [5.41, 5.74) is 0. The first-order valence-electron chi connectivity index (χ1n) is 6.28. The molecule has 0 amide bonds. The van der Waals surface area contributed by atoms with Crippen molar-refractivity contribution in [2.75, 3.05) is 13.1 Å². The molecule has 2 heterocycles. The number of aromatic carboxylic acids is 1. The van der Waals surface area contributed by atoms with Crippen LogP contribution in [0.1, 0.15) is 36.7 Å². The van der Waals surface area contributed by atoms with Gasteiger partial charge in [-0.1, -0.05) is 13.3 Å². The standard InChI is InChI=1S/C12H17NO5S/c1-2-9-5-7-13(8-6-9)19(16,17)11-4-3-10(18-11)12(14)15/h3-4,9H,2,5-8H2,1H3,(H,14,15). The van der Waals surface area contributed by atoms with Crippen LogP contribution in [0.15, 0.2) is 21.6 Å². The fraction of sp³-hybridized carbons (Fsp3) is 0.583. The van der Waals surface area contributed by atoms with Gasteiger partial charge in [0.25, 0.3) is 10.0 Å². The first-order chi connectivity index (χ1) is 8.95. The van der Waals surface area contributed by atoms with E-state index in [0.717, 1.165) is 25.3 Å². The molecular formula is C12H17NO5S. The summed E-state index contributed by atoms with van der Waals surface area (Å²) in [5.74, 6) is -1.06. The van der Waals surface area contributed by atoms with Crippen LogP contribution in [-0.4, -0.2) is 36.9 Å². The third-order valence-electron chi connectivity index (χ3n) is 3.54. The van der Waals surface area contributed by atoms with Gasteiger partial charge in [0, 0.05) is 13.1 Å². The number of rotatable bonds is 4. The second kappa shape index (κ2) is 5.34. The number of nitrogens with zero attached hydrogens (tertiary/aromatic N) is 1. The maximum atomic E-state index is 12.3. The van der Waals surface area contributed by atoms with Gasteiger partial charge >= 0.3 is 5.97 Å². The van der Waals surface area contributed by atoms with Crippen molar-refractivity contribution in [3.8, 4) is 0 Å². The van der Waals surface area contributed by atoms with Gasteiger partial charge in [-0.2, -0.15) is 4.31 Å². The summed E-state index contributed by atoms with van der Waals surface area (Å²) >= 11 is 0. The summed E-state index contributed by atoms with van der Waals surface area (Å²) in [4.78, 5) is 10.7. The predicted octanol–water partition coefficient (Wildman–Crippen LogP) is 1.79. The van der Waals surface area contributed by atoms with Crippen molar-refractivity contribution in [3.63, 3.8) is 0 Å². The molecule has 0 aliphatic carbocycles. The van der Waals surface area contributed by atoms with E-state index in [-0.39, 0.29) is 10.9 Å². The van der Waals surface area contributed by atoms with E-state index < -0.39 is 16.0 Å². The molecule has 0 atom stereocenters. The zero-order valence-corrected chi connectivity index (χ0v) is 11.5. The number of hydrogen-bond acceptors (Lipinski definition) is 4. The van der Waals surface area contributed by atoms with Crippen molar-refractivity contribution in [2.24, 2.45) is 5.92 Å². The minimum Gasteiger partial charge on any atom is -0.475 e. The van der Waals surface area contributed by atoms with Crippen molar-refractivity contribution in [1.29, 1.82) is 0 Å². The zero-order chi connectivity index (χ0) is 14.0. The van der Waals surface area contributed by atoms with Crippen LogP contribution < -0.4 is 0 Å². The molecule has 1 fully saturated rings. The summed E-state index contributed by atoms with van der Waals surface area (Å²) in [5, 5.41) is 8.45. The van der Waals surface area contributed by atoms with Gasteiger partial charge in [-0.15, -0.1) is 0 Å². The van der Waals surface area contributed by atoms with Crippen LogP contribution in [0.4, 0.5) is 0 Å². The molecule has 0 spiro atoms. The van der Waals surface area contributed by atoms with E-state index in [1.807, 2.05) is 0 Å². The Morgan fingerprint density at radius 2 is 2.05 bits per heavy atom. The SMILES string of the molecule is CCC1CCN(S(=O)(=O)c2ccc(C(=O)O)o2)CC1. The van der Waals surface area contributed by atoms with Crippen molar-refractivity contribution in [3.05, 3.63) is 17.9 Å². The third-order valence-corrected chi connectivity index (χ3v) is 5.31. The fourth-order valence-electron chi connectivity index (χ4n) is 2.26. The number of carboxylic acid groups (broad SMARTS) is 1. The normalized spacial score (nSPS) is 18.6. The largest absolute Gasteiger partial charge is 0.475 e. The monoisotopic (exact) mass is 287 g/mol. The minimum absolute atomic E-state index is 0.292. The molecule has 1 N–H and O–H groups in total. The average Bonchev–Trinajstić information content (AvgIpc) is 2.89. The van der Waals surface area contributed by atoms with Gasteiger partial charge in [0.2, 0.25) is 10.9 Å². The summed E-state index contributed by atoms with van der Waals surface area (Å²) < 4.78 is 30.8. The summed E-state index contributed by atoms with van der Waals surface area (Å²) in [7, 11) is -3.70. The van der Waals surface area contributed by atoms with Gasteiger partial charge in [0.05, 0.1) is 0 Å². The summed E-state index contributed by atoms with van der Waals surface area (Å²) in [6, 6.07) is 2.36. The Morgan fingerprint density at radius 3 is 2.53 bits per heavy atom. The van der Waals surface area contributed by atoms with Crippen LogP contribution in [0.3, 0.4) is 0 Å². The highest BCUT2D eigenvalue weighted by atomic mass is 32.2. The number of carbonyl (C=O) groups is 1. The Morgan fingerprint density at radius 1 is 1.42 bits per heavy atom. The van der Waals surface area contributed by atoms with E-state index in [1.165, 1.54) is 10.4 Å². The van der Waals surface area contributed by atoms with Gasteiger partial charge < -0.3 is 9.52 Å². The van der Waals surface area contributed by atoms with Crippen molar-refractivity contribution >= 4 is 16.0 Å². The molecule has 19 heavy (non-hydrogen) atoms. The van der Waals surface area contributed by atoms with E-state index in [4.69, 9.17) is 9.52 Å². The van der Waals surface area contributed by atoms with Crippen molar-refractivity contribution in [1.82, 2.24) is 4.31 Å². The molecule has 1 aromatic heterocycles. The van der Waals surface area contributed by atoms with E-state index in [1.54, 1.807) is 0 Å². The van der Waals surface area contributed by atoms with Gasteiger partial charge in [-0.05, 0) is 30.9 Å². The summed E-state index contributed by atoms with van der Waals surface area (Å²) in [6.07, 6.45) is 2.72. The average molecular weight is 287 g/mol. The first kappa shape index (κ1) is 14.1. The van der Waals surface area contributed by atoms with Crippen LogP contribution >= 0.6 is 0 Å². The Balaban J connectivity index is 2.16. The van der Waals surface area contributed by atoms with Crippen LogP contribution in [-0.2, 0) is 10.0 Å². The Labute approximate surface area is 112 Å². The predicted molar refractivity (Wildman–Crippen MR) is 67.4 cm³/mol. The molecule has 106 valence electrons. The maximum absolute atomic E-state index is 12.3. The highest BCUT2D eigenvalue weighted by molar-refractivity contribution is 7.89. The molecule has 0 unspecified atom stereocenters. The second-order valence-electron chi connectivity index (χ2n) is 4.68. The smallest absolute Gasteiger partial charge is 0.371 e. The van der Waals surface area contributed by atoms with Gasteiger partial charge in [-0.3, -0.25) is 0 Å². The molecular weight excluding hydrogens is 270 g/mol. The quantitative estimate of drug-likeness (QED) is 0.912. The van der Waals surface area contributed by atoms with E-state index >= 15 is 0 Å². The first-order valence-corrected chi connectivity index (χ1v) is 7.72. The molecule has 0 radical (unpaired) electrons. The Hall–Kier alpha value is -1.34. The lowest BCUT2D eigenvalue weighted by Crippen LogP contribution is -2.38. The van der Waals surface area contributed by atoms with Crippen LogP contribution in [0.5, 0.6) is 0 Å². The van der Waals surface area contributed by atoms with Crippen molar-refractivity contribution < 1.29 is 22.7 Å². The van der Waals surface area contributed by atoms with Crippen molar-refractivity contribution in [2.45, 2.75) is 31.3 Å². The van der Waals surface area contributed by atoms with Crippen LogP contribution in [0.25, 0.3) is 0 Å². The second-order valence-corrected chi connectivity index (χ2v) is 6.55. The molecule has 7 heteroatoms. The zero-order valence-electron chi connectivity index (χ0n) is 10.7. The van der Waals surface area contributed by atoms with Gasteiger partial charge in [-0.25, -0.2) is 13.2 Å². The van der Waals surface area contributed by atoms with Gasteiger partial charge in [0.15, 0.2) is 0 Å². The number of piperidine rings is 1. The molecule has 1 aliphatic heterocycles. The number of hydrogen-bond donors (Lipinski definition) is 1.